The number of nitrogens with one attached hydrogen (secondary N) is 1. The van der Waals surface area contributed by atoms with E-state index in [1.165, 1.54) is 17.0 Å². The molecule has 2 amide bonds. The summed E-state index contributed by atoms with van der Waals surface area (Å²) in [5.41, 5.74) is -0.986. The molecule has 45 heavy (non-hydrogen) atoms. The van der Waals surface area contributed by atoms with Crippen molar-refractivity contribution in [2.75, 3.05) is 13.2 Å². The first kappa shape index (κ1) is 36.0. The summed E-state index contributed by atoms with van der Waals surface area (Å²) in [6, 6.07) is 4.08. The number of hydrogen-bond donors (Lipinski definition) is 5. The molecule has 15 heteroatoms. The van der Waals surface area contributed by atoms with Crippen LogP contribution in [0.25, 0.3) is 0 Å². The average molecular weight is 641 g/mol. The minimum atomic E-state index is -1.80. The molecule has 3 rings (SSSR count). The number of esters is 1. The highest BCUT2D eigenvalue weighted by Gasteiger charge is 2.44. The van der Waals surface area contributed by atoms with Gasteiger partial charge in [-0.1, -0.05) is 12.1 Å². The van der Waals surface area contributed by atoms with E-state index in [4.69, 9.17) is 23.7 Å². The summed E-state index contributed by atoms with van der Waals surface area (Å²) in [4.78, 5) is 52.8. The first-order valence-corrected chi connectivity index (χ1v) is 14.7. The van der Waals surface area contributed by atoms with Gasteiger partial charge in [-0.05, 0) is 72.1 Å². The quantitative estimate of drug-likeness (QED) is 0.151. The van der Waals surface area contributed by atoms with Gasteiger partial charge in [0.05, 0.1) is 0 Å². The molecular formula is C30H44N2O13. The van der Waals surface area contributed by atoms with Crippen LogP contribution in [-0.4, -0.2) is 117 Å². The zero-order valence-electron chi connectivity index (χ0n) is 26.3. The molecule has 7 atom stereocenters. The lowest BCUT2D eigenvalue weighted by molar-refractivity contribution is -0.287. The van der Waals surface area contributed by atoms with Crippen LogP contribution in [0.2, 0.25) is 0 Å². The minimum Gasteiger partial charge on any atom is -0.461 e. The lowest BCUT2D eigenvalue weighted by Crippen LogP contribution is -2.59. The van der Waals surface area contributed by atoms with Crippen molar-refractivity contribution in [2.24, 2.45) is 0 Å². The number of rotatable bonds is 8. The highest BCUT2D eigenvalue weighted by atomic mass is 16.7. The summed E-state index contributed by atoms with van der Waals surface area (Å²) < 4.78 is 26.0. The summed E-state index contributed by atoms with van der Waals surface area (Å²) >= 11 is 0. The molecule has 2 saturated heterocycles. The zero-order valence-corrected chi connectivity index (χ0v) is 26.3. The van der Waals surface area contributed by atoms with Crippen molar-refractivity contribution < 1.29 is 63.3 Å². The number of alkyl carbamates (subject to hydrolysis) is 1. The van der Waals surface area contributed by atoms with E-state index in [0.29, 0.717) is 12.0 Å². The molecule has 2 aliphatic rings. The summed E-state index contributed by atoms with van der Waals surface area (Å²) in [5, 5.41) is 42.0. The summed E-state index contributed by atoms with van der Waals surface area (Å²) in [6.07, 6.45) is -9.21. The maximum atomic E-state index is 13.8. The molecule has 1 unspecified atom stereocenters. The molecule has 252 valence electrons. The van der Waals surface area contributed by atoms with Gasteiger partial charge in [0, 0.05) is 13.0 Å². The van der Waals surface area contributed by atoms with Crippen LogP contribution in [0.3, 0.4) is 0 Å². The minimum absolute atomic E-state index is 0.00325. The largest absolute Gasteiger partial charge is 0.514 e. The van der Waals surface area contributed by atoms with Gasteiger partial charge in [-0.3, -0.25) is 4.79 Å². The topological polar surface area (TPSA) is 211 Å². The van der Waals surface area contributed by atoms with E-state index in [-0.39, 0.29) is 25.1 Å². The fourth-order valence-corrected chi connectivity index (χ4v) is 4.75. The van der Waals surface area contributed by atoms with E-state index in [1.54, 1.807) is 53.7 Å². The van der Waals surface area contributed by atoms with Gasteiger partial charge in [0.15, 0.2) is 6.29 Å². The number of ether oxygens (including phenoxy) is 5. The maximum Gasteiger partial charge on any atom is 0.514 e. The number of likely N-dealkylation sites (tertiary alicyclic amines) is 1. The monoisotopic (exact) mass is 640 g/mol. The van der Waals surface area contributed by atoms with Crippen LogP contribution < -0.4 is 10.1 Å². The Kier molecular flexibility index (Phi) is 11.8. The molecule has 1 aromatic carbocycles. The number of benzene rings is 1. The Balaban J connectivity index is 1.71. The van der Waals surface area contributed by atoms with Crippen LogP contribution in [0.1, 0.15) is 59.9 Å². The number of aliphatic hydroxyl groups is 4. The normalized spacial score (nSPS) is 26.0. The third-order valence-electron chi connectivity index (χ3n) is 6.83. The number of aliphatic hydroxyl groups excluding tert-OH is 4. The van der Waals surface area contributed by atoms with E-state index >= 15 is 0 Å². The Morgan fingerprint density at radius 2 is 1.56 bits per heavy atom. The van der Waals surface area contributed by atoms with Crippen LogP contribution in [0.4, 0.5) is 9.59 Å². The molecular weight excluding hydrogens is 596 g/mol. The molecule has 1 aromatic rings. The Morgan fingerprint density at radius 3 is 2.16 bits per heavy atom. The highest BCUT2D eigenvalue weighted by Crippen LogP contribution is 2.24. The van der Waals surface area contributed by atoms with Gasteiger partial charge < -0.3 is 54.3 Å². The molecule has 2 heterocycles. The van der Waals surface area contributed by atoms with Gasteiger partial charge in [-0.25, -0.2) is 14.4 Å². The SMILES string of the molecule is CC(C)(C)OC(=O)N[C@@H](Cc1ccc(OC(=O)OC(C)(C)C)cc1)C(=O)N1CCC[C@H]1C(=O)OC[C@H]1OC(O)[C@H](O)[C@@H](O)[C@@H]1O. The second-order valence-electron chi connectivity index (χ2n) is 13.0. The number of amides is 2. The lowest BCUT2D eigenvalue weighted by atomic mass is 9.99. The molecule has 0 saturated carbocycles. The van der Waals surface area contributed by atoms with Crippen molar-refractivity contribution in [1.82, 2.24) is 10.2 Å². The van der Waals surface area contributed by atoms with E-state index in [2.05, 4.69) is 5.32 Å². The fourth-order valence-electron chi connectivity index (χ4n) is 4.75. The smallest absolute Gasteiger partial charge is 0.461 e. The number of hydrogen-bond acceptors (Lipinski definition) is 13. The Labute approximate surface area is 261 Å². The van der Waals surface area contributed by atoms with Gasteiger partial charge in [-0.2, -0.15) is 0 Å². The Morgan fingerprint density at radius 1 is 0.933 bits per heavy atom. The van der Waals surface area contributed by atoms with E-state index in [0.717, 1.165) is 0 Å². The molecule has 0 spiro atoms. The second kappa shape index (κ2) is 14.7. The molecule has 2 aliphatic heterocycles. The van der Waals surface area contributed by atoms with Crippen molar-refractivity contribution >= 4 is 24.1 Å². The van der Waals surface area contributed by atoms with Crippen LogP contribution in [-0.2, 0) is 35.0 Å². The number of carbonyl (C=O) groups excluding carboxylic acids is 4. The molecule has 0 aromatic heterocycles. The van der Waals surface area contributed by atoms with E-state index < -0.39 is 84.7 Å². The van der Waals surface area contributed by atoms with Gasteiger partial charge >= 0.3 is 18.2 Å². The molecule has 15 nitrogen and oxygen atoms in total. The van der Waals surface area contributed by atoms with Crippen molar-refractivity contribution in [3.63, 3.8) is 0 Å². The first-order chi connectivity index (χ1) is 20.8. The predicted octanol–water partition coefficient (Wildman–Crippen LogP) is 0.770. The lowest BCUT2D eigenvalue weighted by Gasteiger charge is -2.38. The van der Waals surface area contributed by atoms with Gasteiger partial charge in [0.25, 0.3) is 0 Å². The van der Waals surface area contributed by atoms with Crippen molar-refractivity contribution in [1.29, 1.82) is 0 Å². The van der Waals surface area contributed by atoms with Crippen LogP contribution in [0.15, 0.2) is 24.3 Å². The van der Waals surface area contributed by atoms with Gasteiger partial charge in [0.2, 0.25) is 5.91 Å². The molecule has 5 N–H and O–H groups in total. The standard InChI is InChI=1S/C30H44N2O13/c1-29(2,3)44-27(39)31-18(14-16-9-11-17(12-10-16)42-28(40)45-30(4,5)6)24(36)32-13-7-8-19(32)25(37)41-15-20-21(33)22(34)23(35)26(38)43-20/h9-12,18-23,26,33-35,38H,7-8,13-15H2,1-6H3,(H,31,39)/t18-,19-,20+,21+,22-,23+,26?/m0/s1. The summed E-state index contributed by atoms with van der Waals surface area (Å²) in [6.45, 7) is 9.76. The highest BCUT2D eigenvalue weighted by molar-refractivity contribution is 5.90. The van der Waals surface area contributed by atoms with Gasteiger partial charge in [-0.15, -0.1) is 0 Å². The molecule has 2 fully saturated rings. The van der Waals surface area contributed by atoms with Crippen molar-refractivity contribution in [3.8, 4) is 5.75 Å². The van der Waals surface area contributed by atoms with Crippen LogP contribution >= 0.6 is 0 Å². The number of nitrogens with zero attached hydrogens (tertiary/aromatic N) is 1. The second-order valence-corrected chi connectivity index (χ2v) is 13.0. The van der Waals surface area contributed by atoms with Crippen LogP contribution in [0.5, 0.6) is 5.75 Å². The summed E-state index contributed by atoms with van der Waals surface area (Å²) in [5.74, 6) is -1.18. The van der Waals surface area contributed by atoms with Crippen molar-refractivity contribution in [2.45, 2.75) is 115 Å². The first-order valence-electron chi connectivity index (χ1n) is 14.7. The molecule has 0 radical (unpaired) electrons. The third-order valence-corrected chi connectivity index (χ3v) is 6.83. The van der Waals surface area contributed by atoms with Crippen molar-refractivity contribution in [3.05, 3.63) is 29.8 Å². The maximum absolute atomic E-state index is 13.8. The Bertz CT molecular complexity index is 1190. The third kappa shape index (κ3) is 10.5. The van der Waals surface area contributed by atoms with E-state index in [1.807, 2.05) is 0 Å². The zero-order chi connectivity index (χ0) is 33.7. The molecule has 0 bridgehead atoms. The average Bonchev–Trinajstić information content (AvgIpc) is 3.41. The fraction of sp³-hybridized carbons (Fsp3) is 0.667. The van der Waals surface area contributed by atoms with Crippen LogP contribution in [0, 0.1) is 0 Å². The summed E-state index contributed by atoms with van der Waals surface area (Å²) in [7, 11) is 0. The number of carbonyl (C=O) groups is 4. The molecule has 0 aliphatic carbocycles. The Hall–Kier alpha value is -3.50. The predicted molar refractivity (Wildman–Crippen MR) is 155 cm³/mol. The van der Waals surface area contributed by atoms with Gasteiger partial charge in [0.1, 0.15) is 60.1 Å². The van der Waals surface area contributed by atoms with E-state index in [9.17, 15) is 39.6 Å².